The summed E-state index contributed by atoms with van der Waals surface area (Å²) in [6.07, 6.45) is 0. The highest BCUT2D eigenvalue weighted by Gasteiger charge is 2.34. The number of aromatic nitrogens is 3. The van der Waals surface area contributed by atoms with Gasteiger partial charge in [0.1, 0.15) is 29.7 Å². The van der Waals surface area contributed by atoms with E-state index in [1.165, 1.54) is 43.0 Å². The third kappa shape index (κ3) is 6.80. The summed E-state index contributed by atoms with van der Waals surface area (Å²) >= 11 is 0. The second-order valence-electron chi connectivity index (χ2n) is 9.96. The Labute approximate surface area is 259 Å². The Morgan fingerprint density at radius 2 is 1.53 bits per heavy atom. The van der Waals surface area contributed by atoms with Gasteiger partial charge in [-0.2, -0.15) is 0 Å². The van der Waals surface area contributed by atoms with Gasteiger partial charge in [-0.15, -0.1) is 5.10 Å². The van der Waals surface area contributed by atoms with Gasteiger partial charge >= 0.3 is 0 Å². The topological polar surface area (TPSA) is 117 Å². The summed E-state index contributed by atoms with van der Waals surface area (Å²) in [5.74, 6) is 0.137. The van der Waals surface area contributed by atoms with Gasteiger partial charge in [0.2, 0.25) is 11.7 Å². The van der Waals surface area contributed by atoms with Gasteiger partial charge in [0.15, 0.2) is 11.5 Å². The van der Waals surface area contributed by atoms with Crippen molar-refractivity contribution in [2.75, 3.05) is 33.8 Å². The highest BCUT2D eigenvalue weighted by Crippen LogP contribution is 2.41. The molecule has 0 fully saturated rings. The predicted molar refractivity (Wildman–Crippen MR) is 165 cm³/mol. The van der Waals surface area contributed by atoms with Crippen molar-refractivity contribution in [2.45, 2.75) is 19.1 Å². The maximum atomic E-state index is 14.3. The minimum atomic E-state index is -1.21. The van der Waals surface area contributed by atoms with Gasteiger partial charge in [0.05, 0.1) is 34.0 Å². The molecule has 2 amide bonds. The fraction of sp³-hybridized carbons (Fsp3) is 0.212. The van der Waals surface area contributed by atoms with Crippen LogP contribution in [0.2, 0.25) is 0 Å². The van der Waals surface area contributed by atoms with Crippen molar-refractivity contribution in [1.82, 2.24) is 19.9 Å². The summed E-state index contributed by atoms with van der Waals surface area (Å²) in [4.78, 5) is 30.0. The number of hydrogen-bond donors (Lipinski definition) is 1. The van der Waals surface area contributed by atoms with Crippen molar-refractivity contribution in [2.24, 2.45) is 0 Å². The van der Waals surface area contributed by atoms with E-state index in [0.29, 0.717) is 50.8 Å². The highest BCUT2D eigenvalue weighted by atomic mass is 19.1. The Hall–Kier alpha value is -5.65. The van der Waals surface area contributed by atoms with Crippen LogP contribution in [-0.2, 0) is 22.7 Å². The van der Waals surface area contributed by atoms with E-state index in [2.05, 4.69) is 15.6 Å². The average Bonchev–Trinajstić information content (AvgIpc) is 3.47. The van der Waals surface area contributed by atoms with E-state index in [4.69, 9.17) is 18.9 Å². The molecule has 4 aromatic carbocycles. The number of carbonyl (C=O) groups excluding carboxylic acids is 2. The summed E-state index contributed by atoms with van der Waals surface area (Å²) in [7, 11) is 5.95. The molecule has 0 aliphatic heterocycles. The number of benzene rings is 4. The molecule has 1 aromatic heterocycles. The SMILES string of the molecule is COc1ccc(NC(=O)[C@@H](c2cc(OC)c(OC)c(OC)c2)N(Cc2ccc(F)cc2)C(=O)Cn2nnc3ccccc32)cc1. The Balaban J connectivity index is 1.63. The normalized spacial score (nSPS) is 11.5. The number of halogens is 1. The van der Waals surface area contributed by atoms with E-state index in [1.54, 1.807) is 67.8 Å². The Morgan fingerprint density at radius 3 is 2.16 bits per heavy atom. The molecule has 5 aromatic rings. The fourth-order valence-electron chi connectivity index (χ4n) is 4.98. The third-order valence-electron chi connectivity index (χ3n) is 7.21. The number of ether oxygens (including phenoxy) is 4. The third-order valence-corrected chi connectivity index (χ3v) is 7.21. The molecule has 0 spiro atoms. The monoisotopic (exact) mass is 613 g/mol. The standard InChI is InChI=1S/C33H32FN5O6/c1-42-25-15-13-24(14-16-25)35-33(41)31(22-17-28(43-2)32(45-4)29(18-22)44-3)38(19-21-9-11-23(34)12-10-21)30(40)20-39-27-8-6-5-7-26(27)36-37-39/h5-18,31H,19-20H2,1-4H3,(H,35,41)/t31-/m1/s1. The molecular formula is C33H32FN5O6. The van der Waals surface area contributed by atoms with Crippen LogP contribution in [0.25, 0.3) is 11.0 Å². The van der Waals surface area contributed by atoms with Crippen LogP contribution in [0.1, 0.15) is 17.2 Å². The molecule has 45 heavy (non-hydrogen) atoms. The van der Waals surface area contributed by atoms with Crippen LogP contribution in [0.15, 0.2) is 84.9 Å². The van der Waals surface area contributed by atoms with Gasteiger partial charge in [-0.25, -0.2) is 9.07 Å². The first-order valence-corrected chi connectivity index (χ1v) is 13.9. The van der Waals surface area contributed by atoms with E-state index >= 15 is 0 Å². The van der Waals surface area contributed by atoms with Crippen molar-refractivity contribution >= 4 is 28.5 Å². The molecule has 1 N–H and O–H groups in total. The number of nitrogens with zero attached hydrogens (tertiary/aromatic N) is 4. The molecule has 11 nitrogen and oxygen atoms in total. The summed E-state index contributed by atoms with van der Waals surface area (Å²) in [6, 6.07) is 21.8. The molecule has 12 heteroatoms. The van der Waals surface area contributed by atoms with Gasteiger partial charge in [-0.1, -0.05) is 29.5 Å². The highest BCUT2D eigenvalue weighted by molar-refractivity contribution is 5.98. The smallest absolute Gasteiger partial charge is 0.251 e. The maximum Gasteiger partial charge on any atom is 0.251 e. The zero-order chi connectivity index (χ0) is 31.9. The van der Waals surface area contributed by atoms with E-state index in [-0.39, 0.29) is 13.1 Å². The van der Waals surface area contributed by atoms with Crippen LogP contribution in [0.4, 0.5) is 10.1 Å². The van der Waals surface area contributed by atoms with Crippen molar-refractivity contribution in [3.8, 4) is 23.0 Å². The number of carbonyl (C=O) groups is 2. The lowest BCUT2D eigenvalue weighted by Gasteiger charge is -2.32. The number of amides is 2. The van der Waals surface area contributed by atoms with Crippen molar-refractivity contribution in [1.29, 1.82) is 0 Å². The molecule has 0 saturated carbocycles. The van der Waals surface area contributed by atoms with Crippen LogP contribution < -0.4 is 24.3 Å². The quantitative estimate of drug-likeness (QED) is 0.209. The zero-order valence-corrected chi connectivity index (χ0v) is 25.2. The number of methoxy groups -OCH3 is 4. The second kappa shape index (κ2) is 13.8. The largest absolute Gasteiger partial charge is 0.497 e. The number of anilines is 1. The Kier molecular flexibility index (Phi) is 9.42. The minimum absolute atomic E-state index is 0.0386. The van der Waals surface area contributed by atoms with Gasteiger partial charge in [0, 0.05) is 12.2 Å². The van der Waals surface area contributed by atoms with Crippen molar-refractivity contribution < 1.29 is 32.9 Å². The van der Waals surface area contributed by atoms with Crippen molar-refractivity contribution in [3.63, 3.8) is 0 Å². The summed E-state index contributed by atoms with van der Waals surface area (Å²) in [5, 5.41) is 11.3. The lowest BCUT2D eigenvalue weighted by atomic mass is 10.0. The number of fused-ring (bicyclic) bond motifs is 1. The lowest BCUT2D eigenvalue weighted by Crippen LogP contribution is -2.42. The summed E-state index contributed by atoms with van der Waals surface area (Å²) in [5.41, 5.74) is 2.74. The molecule has 232 valence electrons. The second-order valence-corrected chi connectivity index (χ2v) is 9.96. The number of hydrogen-bond acceptors (Lipinski definition) is 8. The van der Waals surface area contributed by atoms with Gasteiger partial charge in [-0.3, -0.25) is 9.59 Å². The summed E-state index contributed by atoms with van der Waals surface area (Å²) < 4.78 is 37.2. The van der Waals surface area contributed by atoms with Crippen LogP contribution >= 0.6 is 0 Å². The molecule has 1 heterocycles. The molecule has 0 aliphatic rings. The van der Waals surface area contributed by atoms with Crippen LogP contribution in [0, 0.1) is 5.82 Å². The van der Waals surface area contributed by atoms with E-state index in [9.17, 15) is 14.0 Å². The maximum absolute atomic E-state index is 14.3. The van der Waals surface area contributed by atoms with E-state index in [0.717, 1.165) is 0 Å². The summed E-state index contributed by atoms with van der Waals surface area (Å²) in [6.45, 7) is -0.262. The molecule has 0 radical (unpaired) electrons. The Morgan fingerprint density at radius 1 is 0.867 bits per heavy atom. The number of rotatable bonds is 12. The molecule has 1 atom stereocenters. The van der Waals surface area contributed by atoms with Gasteiger partial charge in [-0.05, 0) is 71.8 Å². The van der Waals surface area contributed by atoms with Gasteiger partial charge < -0.3 is 29.2 Å². The molecule has 0 unspecified atom stereocenters. The molecule has 0 saturated heterocycles. The molecular weight excluding hydrogens is 581 g/mol. The number of para-hydroxylation sites is 1. The van der Waals surface area contributed by atoms with Gasteiger partial charge in [0.25, 0.3) is 5.91 Å². The lowest BCUT2D eigenvalue weighted by molar-refractivity contribution is -0.140. The predicted octanol–water partition coefficient (Wildman–Crippen LogP) is 5.01. The Bertz CT molecular complexity index is 1770. The fourth-order valence-corrected chi connectivity index (χ4v) is 4.98. The zero-order valence-electron chi connectivity index (χ0n) is 25.2. The molecule has 5 rings (SSSR count). The first-order chi connectivity index (χ1) is 21.8. The average molecular weight is 614 g/mol. The van der Waals surface area contributed by atoms with E-state index < -0.39 is 23.7 Å². The van der Waals surface area contributed by atoms with Crippen molar-refractivity contribution in [3.05, 3.63) is 102 Å². The van der Waals surface area contributed by atoms with E-state index in [1.807, 2.05) is 12.1 Å². The first-order valence-electron chi connectivity index (χ1n) is 13.9. The molecule has 0 bridgehead atoms. The minimum Gasteiger partial charge on any atom is -0.497 e. The van der Waals surface area contributed by atoms with Crippen LogP contribution in [-0.4, -0.2) is 60.1 Å². The first kappa shape index (κ1) is 30.8. The molecule has 0 aliphatic carbocycles. The van der Waals surface area contributed by atoms with Crippen LogP contribution in [0.5, 0.6) is 23.0 Å². The number of nitrogens with one attached hydrogen (secondary N) is 1. The van der Waals surface area contributed by atoms with Crippen LogP contribution in [0.3, 0.4) is 0 Å².